The fourth-order valence-electron chi connectivity index (χ4n) is 6.27. The number of carbonyl (C=O) groups excluding carboxylic acids is 1. The fourth-order valence-corrected chi connectivity index (χ4v) is 7.42. The Balaban J connectivity index is 1.06. The van der Waals surface area contributed by atoms with Gasteiger partial charge in [-0.2, -0.15) is 13.2 Å². The van der Waals surface area contributed by atoms with Crippen molar-refractivity contribution in [1.29, 1.82) is 0 Å². The van der Waals surface area contributed by atoms with Crippen LogP contribution in [-0.4, -0.2) is 40.8 Å². The fraction of sp³-hybridized carbons (Fsp3) is 0.433. The summed E-state index contributed by atoms with van der Waals surface area (Å²) in [6.07, 6.45) is 0.378. The zero-order chi connectivity index (χ0) is 28.3. The highest BCUT2D eigenvalue weighted by atomic mass is 32.1. The molecule has 2 saturated carbocycles. The lowest BCUT2D eigenvalue weighted by Crippen LogP contribution is -2.64. The van der Waals surface area contributed by atoms with Gasteiger partial charge in [0, 0.05) is 41.7 Å². The number of hydrogen-bond acceptors (Lipinski definition) is 8. The number of aromatic nitrogens is 2. The van der Waals surface area contributed by atoms with Crippen LogP contribution in [0.4, 0.5) is 18.3 Å². The highest BCUT2D eigenvalue weighted by Crippen LogP contribution is 2.47. The van der Waals surface area contributed by atoms with Gasteiger partial charge in [-0.3, -0.25) is 0 Å². The minimum atomic E-state index is -4.48. The van der Waals surface area contributed by atoms with E-state index in [2.05, 4.69) is 15.4 Å². The summed E-state index contributed by atoms with van der Waals surface area (Å²) in [6, 6.07) is 12.0. The second-order valence-corrected chi connectivity index (χ2v) is 12.1. The lowest BCUT2D eigenvalue weighted by Gasteiger charge is -2.55. The van der Waals surface area contributed by atoms with Crippen LogP contribution in [0.25, 0.3) is 21.5 Å². The topological polar surface area (TPSA) is 80.5 Å². The van der Waals surface area contributed by atoms with Crippen LogP contribution in [0.5, 0.6) is 0 Å². The number of piperidine rings is 1. The van der Waals surface area contributed by atoms with Crippen molar-refractivity contribution in [1.82, 2.24) is 15.5 Å². The number of fused-ring (bicyclic) bond motifs is 3. The van der Waals surface area contributed by atoms with Crippen LogP contribution in [0.15, 0.2) is 47.0 Å². The number of benzene rings is 2. The molecule has 2 aliphatic carbocycles. The molecule has 4 aliphatic rings. The van der Waals surface area contributed by atoms with Crippen molar-refractivity contribution in [3.63, 3.8) is 0 Å². The number of alkyl halides is 3. The predicted octanol–water partition coefficient (Wildman–Crippen LogP) is 6.92. The van der Waals surface area contributed by atoms with Gasteiger partial charge >= 0.3 is 12.1 Å². The molecule has 2 saturated heterocycles. The number of hydrogen-bond donors (Lipinski definition) is 1. The first-order chi connectivity index (χ1) is 19.8. The molecule has 0 amide bonds. The van der Waals surface area contributed by atoms with Crippen molar-refractivity contribution in [3.05, 3.63) is 64.9 Å². The number of thiazole rings is 1. The lowest BCUT2D eigenvalue weighted by atomic mass is 9.77. The Bertz CT molecular complexity index is 1600. The molecular formula is C30H29F3N4O3S. The van der Waals surface area contributed by atoms with Gasteiger partial charge in [-0.1, -0.05) is 34.7 Å². The van der Waals surface area contributed by atoms with Crippen LogP contribution in [0.2, 0.25) is 0 Å². The van der Waals surface area contributed by atoms with Gasteiger partial charge in [-0.15, -0.1) is 0 Å². The smallest absolute Gasteiger partial charge is 0.417 e. The maximum atomic E-state index is 13.8. The number of carbonyl (C=O) groups is 1. The third-order valence-corrected chi connectivity index (χ3v) is 9.41. The van der Waals surface area contributed by atoms with E-state index < -0.39 is 11.7 Å². The van der Waals surface area contributed by atoms with E-state index in [-0.39, 0.29) is 29.2 Å². The van der Waals surface area contributed by atoms with Crippen molar-refractivity contribution >= 4 is 32.7 Å². The molecule has 8 rings (SSSR count). The summed E-state index contributed by atoms with van der Waals surface area (Å²) in [4.78, 5) is 19.4. The molecule has 2 atom stereocenters. The minimum Gasteiger partial charge on any atom is -0.462 e. The van der Waals surface area contributed by atoms with Crippen LogP contribution in [0.3, 0.4) is 0 Å². The second kappa shape index (κ2) is 10.1. The largest absolute Gasteiger partial charge is 0.462 e. The van der Waals surface area contributed by atoms with Crippen LogP contribution >= 0.6 is 11.3 Å². The van der Waals surface area contributed by atoms with E-state index >= 15 is 0 Å². The number of ether oxygens (including phenoxy) is 1. The van der Waals surface area contributed by atoms with Crippen LogP contribution in [-0.2, 0) is 17.5 Å². The Hall–Kier alpha value is -3.44. The molecule has 214 valence electrons. The third kappa shape index (κ3) is 4.88. The summed E-state index contributed by atoms with van der Waals surface area (Å²) >= 11 is 1.59. The van der Waals surface area contributed by atoms with Gasteiger partial charge in [0.25, 0.3) is 0 Å². The van der Waals surface area contributed by atoms with E-state index in [1.54, 1.807) is 30.4 Å². The summed E-state index contributed by atoms with van der Waals surface area (Å²) in [5.41, 5.74) is 1.78. The highest BCUT2D eigenvalue weighted by molar-refractivity contribution is 7.22. The molecule has 11 heteroatoms. The zero-order valence-electron chi connectivity index (χ0n) is 22.4. The third-order valence-electron chi connectivity index (χ3n) is 8.38. The van der Waals surface area contributed by atoms with E-state index in [0.717, 1.165) is 59.1 Å². The number of esters is 1. The first-order valence-electron chi connectivity index (χ1n) is 14.0. The maximum absolute atomic E-state index is 13.8. The summed E-state index contributed by atoms with van der Waals surface area (Å²) in [5, 5.41) is 8.74. The molecule has 2 bridgehead atoms. The molecule has 7 nitrogen and oxygen atoms in total. The van der Waals surface area contributed by atoms with Gasteiger partial charge < -0.3 is 19.5 Å². The second-order valence-electron chi connectivity index (χ2n) is 11.1. The Labute approximate surface area is 238 Å². The molecule has 2 aromatic carbocycles. The normalized spacial score (nSPS) is 22.1. The highest BCUT2D eigenvalue weighted by Gasteiger charge is 2.47. The molecule has 2 unspecified atom stereocenters. The first-order valence-corrected chi connectivity index (χ1v) is 14.9. The number of nitrogens with one attached hydrogen (secondary N) is 1. The summed E-state index contributed by atoms with van der Waals surface area (Å²) < 4.78 is 53.1. The molecule has 4 heterocycles. The van der Waals surface area contributed by atoms with Crippen molar-refractivity contribution in [2.24, 2.45) is 0 Å². The van der Waals surface area contributed by atoms with Crippen molar-refractivity contribution < 1.29 is 27.2 Å². The van der Waals surface area contributed by atoms with E-state index in [4.69, 9.17) is 14.2 Å². The predicted molar refractivity (Wildman–Crippen MR) is 149 cm³/mol. The number of anilines is 1. The Morgan fingerprint density at radius 1 is 1.15 bits per heavy atom. The summed E-state index contributed by atoms with van der Waals surface area (Å²) in [6.45, 7) is 2.53. The Kier molecular flexibility index (Phi) is 6.54. The molecule has 2 aromatic heterocycles. The van der Waals surface area contributed by atoms with Crippen LogP contribution in [0, 0.1) is 0 Å². The van der Waals surface area contributed by atoms with Crippen molar-refractivity contribution in [2.75, 3.05) is 11.5 Å². The van der Waals surface area contributed by atoms with Crippen molar-refractivity contribution in [3.8, 4) is 11.3 Å². The SMILES string of the molecule is CCOC(=O)c1ccc2nc(N3C4CC(NCc5c(-c6ccccc6C(F)(F)F)noc5C5CC5)CC3C4)sc2c1. The van der Waals surface area contributed by atoms with Crippen molar-refractivity contribution in [2.45, 2.75) is 75.8 Å². The number of halogens is 3. The molecule has 41 heavy (non-hydrogen) atoms. The average Bonchev–Trinajstić information content (AvgIpc) is 3.57. The Morgan fingerprint density at radius 2 is 1.93 bits per heavy atom. The van der Waals surface area contributed by atoms with E-state index in [1.807, 2.05) is 12.1 Å². The van der Waals surface area contributed by atoms with Crippen LogP contribution < -0.4 is 10.2 Å². The summed E-state index contributed by atoms with van der Waals surface area (Å²) in [7, 11) is 0. The van der Waals surface area contributed by atoms with Gasteiger partial charge in [0.15, 0.2) is 5.13 Å². The molecule has 1 N–H and O–H groups in total. The van der Waals surface area contributed by atoms with E-state index in [1.165, 1.54) is 12.1 Å². The zero-order valence-corrected chi connectivity index (χ0v) is 23.2. The van der Waals surface area contributed by atoms with Gasteiger partial charge in [0.1, 0.15) is 11.5 Å². The Morgan fingerprint density at radius 3 is 2.66 bits per heavy atom. The van der Waals surface area contributed by atoms with E-state index in [0.29, 0.717) is 36.6 Å². The van der Waals surface area contributed by atoms with Gasteiger partial charge in [0.05, 0.1) is 28.0 Å². The number of rotatable bonds is 8. The molecule has 0 spiro atoms. The van der Waals surface area contributed by atoms with Gasteiger partial charge in [0.2, 0.25) is 0 Å². The first kappa shape index (κ1) is 26.5. The molecule has 4 aromatic rings. The average molecular weight is 583 g/mol. The molecule has 0 radical (unpaired) electrons. The van der Waals surface area contributed by atoms with Gasteiger partial charge in [-0.05, 0) is 63.3 Å². The molecular weight excluding hydrogens is 553 g/mol. The monoisotopic (exact) mass is 582 g/mol. The quantitative estimate of drug-likeness (QED) is 0.226. The maximum Gasteiger partial charge on any atom is 0.417 e. The lowest BCUT2D eigenvalue weighted by molar-refractivity contribution is -0.137. The minimum absolute atomic E-state index is 0.0621. The van der Waals surface area contributed by atoms with E-state index in [9.17, 15) is 18.0 Å². The van der Waals surface area contributed by atoms with Crippen LogP contribution in [0.1, 0.15) is 72.2 Å². The van der Waals surface area contributed by atoms with Gasteiger partial charge in [-0.25, -0.2) is 9.78 Å². The standard InChI is InChI=1S/C30H29F3N4O3S/c1-2-39-28(38)17-9-10-24-25(11-17)41-29(35-24)37-19-12-18(13-20(37)14-19)34-15-22-26(36-40-27(22)16-7-8-16)21-5-3-4-6-23(21)30(31,32)33/h3-6,9-11,16,18-20,34H,2,7-8,12-15H2,1H3. The number of nitrogens with zero attached hydrogens (tertiary/aromatic N) is 3. The summed E-state index contributed by atoms with van der Waals surface area (Å²) in [5.74, 6) is 0.607. The molecule has 4 fully saturated rings. The molecule has 2 aliphatic heterocycles.